The molecule has 1 rings (SSSR count). The first-order valence-corrected chi connectivity index (χ1v) is 3.60. The Morgan fingerprint density at radius 3 is 2.46 bits per heavy atom. The molecular formula is C8H3ClF3N. The Morgan fingerprint density at radius 1 is 1.38 bits per heavy atom. The van der Waals surface area contributed by atoms with Crippen LogP contribution in [-0.4, -0.2) is 0 Å². The van der Waals surface area contributed by atoms with Crippen LogP contribution in [0.2, 0.25) is 5.02 Å². The third-order valence-electron chi connectivity index (χ3n) is 1.42. The predicted molar refractivity (Wildman–Crippen MR) is 40.9 cm³/mol. The lowest BCUT2D eigenvalue weighted by molar-refractivity contribution is 0.0612. The number of nitrogens with zero attached hydrogens (tertiary/aromatic N) is 1. The van der Waals surface area contributed by atoms with Crippen molar-refractivity contribution in [2.45, 2.75) is 5.92 Å². The lowest BCUT2D eigenvalue weighted by Crippen LogP contribution is -2.09. The van der Waals surface area contributed by atoms with E-state index in [1.54, 1.807) is 0 Å². The summed E-state index contributed by atoms with van der Waals surface area (Å²) in [5.41, 5.74) is -0.610. The van der Waals surface area contributed by atoms with Gasteiger partial charge in [-0.05, 0) is 18.2 Å². The lowest BCUT2D eigenvalue weighted by Gasteiger charge is -2.07. The molecular weight excluding hydrogens is 203 g/mol. The van der Waals surface area contributed by atoms with Crippen molar-refractivity contribution in [3.05, 3.63) is 34.6 Å². The van der Waals surface area contributed by atoms with Crippen LogP contribution < -0.4 is 0 Å². The van der Waals surface area contributed by atoms with Crippen LogP contribution in [0.5, 0.6) is 0 Å². The van der Waals surface area contributed by atoms with E-state index < -0.39 is 22.3 Å². The van der Waals surface area contributed by atoms with Crippen molar-refractivity contribution in [3.8, 4) is 6.07 Å². The zero-order valence-electron chi connectivity index (χ0n) is 6.19. The van der Waals surface area contributed by atoms with E-state index >= 15 is 0 Å². The Morgan fingerprint density at radius 2 is 2.00 bits per heavy atom. The summed E-state index contributed by atoms with van der Waals surface area (Å²) in [7, 11) is 0. The fourth-order valence-corrected chi connectivity index (χ4v) is 0.937. The Bertz CT molecular complexity index is 370. The van der Waals surface area contributed by atoms with Crippen molar-refractivity contribution in [1.29, 1.82) is 5.26 Å². The summed E-state index contributed by atoms with van der Waals surface area (Å²) in [6.07, 6.45) is 0. The van der Waals surface area contributed by atoms with E-state index in [-0.39, 0.29) is 0 Å². The minimum Gasteiger partial charge on any atom is -0.205 e. The molecule has 68 valence electrons. The van der Waals surface area contributed by atoms with Crippen LogP contribution in [0.3, 0.4) is 0 Å². The molecule has 13 heavy (non-hydrogen) atoms. The van der Waals surface area contributed by atoms with E-state index in [0.29, 0.717) is 0 Å². The molecule has 0 spiro atoms. The fourth-order valence-electron chi connectivity index (χ4n) is 0.756. The highest BCUT2D eigenvalue weighted by molar-refractivity contribution is 6.30. The molecule has 0 saturated heterocycles. The highest BCUT2D eigenvalue weighted by atomic mass is 35.5. The second-order valence-corrected chi connectivity index (χ2v) is 2.72. The van der Waals surface area contributed by atoms with Crippen molar-refractivity contribution in [1.82, 2.24) is 0 Å². The molecule has 1 aromatic carbocycles. The second-order valence-electron chi connectivity index (χ2n) is 2.32. The van der Waals surface area contributed by atoms with Gasteiger partial charge in [-0.15, -0.1) is 0 Å². The molecule has 0 aromatic heterocycles. The normalized spacial score (nSPS) is 11.0. The molecule has 0 amide bonds. The van der Waals surface area contributed by atoms with E-state index in [1.807, 2.05) is 0 Å². The summed E-state index contributed by atoms with van der Waals surface area (Å²) in [5, 5.41) is 7.65. The molecule has 1 nitrogen and oxygen atoms in total. The van der Waals surface area contributed by atoms with Crippen molar-refractivity contribution in [3.63, 3.8) is 0 Å². The topological polar surface area (TPSA) is 23.8 Å². The lowest BCUT2D eigenvalue weighted by atomic mass is 10.1. The van der Waals surface area contributed by atoms with E-state index in [1.165, 1.54) is 0 Å². The van der Waals surface area contributed by atoms with E-state index in [9.17, 15) is 13.2 Å². The van der Waals surface area contributed by atoms with Crippen LogP contribution in [0, 0.1) is 17.1 Å². The van der Waals surface area contributed by atoms with Gasteiger partial charge < -0.3 is 0 Å². The summed E-state index contributed by atoms with van der Waals surface area (Å²) in [4.78, 5) is 0. The summed E-state index contributed by atoms with van der Waals surface area (Å²) < 4.78 is 37.8. The second kappa shape index (κ2) is 3.27. The van der Waals surface area contributed by atoms with E-state index in [4.69, 9.17) is 16.9 Å². The highest BCUT2D eigenvalue weighted by Crippen LogP contribution is 2.29. The van der Waals surface area contributed by atoms with Crippen molar-refractivity contribution in [2.75, 3.05) is 0 Å². The molecule has 0 saturated carbocycles. The molecule has 0 aliphatic carbocycles. The number of hydrogen-bond acceptors (Lipinski definition) is 1. The van der Waals surface area contributed by atoms with Gasteiger partial charge in [-0.1, -0.05) is 11.6 Å². The Labute approximate surface area is 77.4 Å². The summed E-state index contributed by atoms with van der Waals surface area (Å²) in [5.74, 6) is -4.42. The van der Waals surface area contributed by atoms with E-state index in [0.717, 1.165) is 24.3 Å². The van der Waals surface area contributed by atoms with Crippen LogP contribution in [0.15, 0.2) is 18.2 Å². The summed E-state index contributed by atoms with van der Waals surface area (Å²) >= 11 is 5.26. The SMILES string of the molecule is N#CC(F)(F)c1ccc(F)c(Cl)c1. The number of rotatable bonds is 1. The predicted octanol–water partition coefficient (Wildman–Crippen LogP) is 3.09. The standard InChI is InChI=1S/C8H3ClF3N/c9-6-3-5(1-2-7(6)10)8(11,12)4-13/h1-3H. The Balaban J connectivity index is 3.20. The smallest absolute Gasteiger partial charge is 0.205 e. The van der Waals surface area contributed by atoms with Gasteiger partial charge in [-0.25, -0.2) is 4.39 Å². The van der Waals surface area contributed by atoms with Crippen LogP contribution in [0.25, 0.3) is 0 Å². The zero-order valence-corrected chi connectivity index (χ0v) is 6.95. The number of hydrogen-bond donors (Lipinski definition) is 0. The van der Waals surface area contributed by atoms with Gasteiger partial charge in [0.05, 0.1) is 5.02 Å². The molecule has 0 fully saturated rings. The van der Waals surface area contributed by atoms with Crippen LogP contribution in [0.1, 0.15) is 5.56 Å². The summed E-state index contributed by atoms with van der Waals surface area (Å²) in [6.45, 7) is 0. The summed E-state index contributed by atoms with van der Waals surface area (Å²) in [6, 6.07) is 3.14. The average Bonchev–Trinajstić information content (AvgIpc) is 2.09. The molecule has 0 bridgehead atoms. The molecule has 0 radical (unpaired) electrons. The van der Waals surface area contributed by atoms with Crippen molar-refractivity contribution < 1.29 is 13.2 Å². The number of alkyl halides is 2. The van der Waals surface area contributed by atoms with Gasteiger partial charge in [-0.2, -0.15) is 14.0 Å². The Hall–Kier alpha value is -1.21. The van der Waals surface area contributed by atoms with Gasteiger partial charge in [-0.3, -0.25) is 0 Å². The maximum atomic E-state index is 12.7. The van der Waals surface area contributed by atoms with E-state index in [2.05, 4.69) is 0 Å². The van der Waals surface area contributed by atoms with Gasteiger partial charge in [0.1, 0.15) is 11.9 Å². The van der Waals surface area contributed by atoms with Crippen LogP contribution in [0.4, 0.5) is 13.2 Å². The molecule has 0 unspecified atom stereocenters. The quantitative estimate of drug-likeness (QED) is 0.691. The molecule has 0 atom stereocenters. The zero-order chi connectivity index (χ0) is 10.1. The first-order chi connectivity index (χ1) is 5.97. The minimum atomic E-state index is -3.63. The van der Waals surface area contributed by atoms with Gasteiger partial charge in [0.25, 0.3) is 0 Å². The highest BCUT2D eigenvalue weighted by Gasteiger charge is 2.31. The number of halogens is 4. The third kappa shape index (κ3) is 1.93. The third-order valence-corrected chi connectivity index (χ3v) is 1.71. The van der Waals surface area contributed by atoms with Gasteiger partial charge in [0.2, 0.25) is 0 Å². The molecule has 0 aliphatic rings. The first kappa shape index (κ1) is 9.87. The molecule has 0 N–H and O–H groups in total. The monoisotopic (exact) mass is 205 g/mol. The maximum Gasteiger partial charge on any atom is 0.357 e. The molecule has 5 heteroatoms. The number of benzene rings is 1. The number of nitriles is 1. The van der Waals surface area contributed by atoms with Crippen LogP contribution >= 0.6 is 11.6 Å². The average molecular weight is 206 g/mol. The van der Waals surface area contributed by atoms with Gasteiger partial charge >= 0.3 is 5.92 Å². The van der Waals surface area contributed by atoms with Crippen LogP contribution in [-0.2, 0) is 5.92 Å². The fraction of sp³-hybridized carbons (Fsp3) is 0.125. The van der Waals surface area contributed by atoms with Crippen molar-refractivity contribution in [2.24, 2.45) is 0 Å². The van der Waals surface area contributed by atoms with Gasteiger partial charge in [0.15, 0.2) is 0 Å². The first-order valence-electron chi connectivity index (χ1n) is 3.22. The molecule has 0 aliphatic heterocycles. The largest absolute Gasteiger partial charge is 0.357 e. The van der Waals surface area contributed by atoms with Crippen molar-refractivity contribution >= 4 is 11.6 Å². The molecule has 0 heterocycles. The minimum absolute atomic E-state index is 0.424. The molecule has 1 aromatic rings. The Kier molecular flexibility index (Phi) is 2.48. The van der Waals surface area contributed by atoms with Gasteiger partial charge in [0, 0.05) is 5.56 Å². The maximum absolute atomic E-state index is 12.7.